The molecule has 1 heterocycles. The Morgan fingerprint density at radius 3 is 2.73 bits per heavy atom. The molecule has 15 heavy (non-hydrogen) atoms. The molecule has 2 nitrogen and oxygen atoms in total. The van der Waals surface area contributed by atoms with Crippen molar-refractivity contribution in [3.8, 4) is 0 Å². The number of rotatable bonds is 2. The molecular formula is C13H20N2. The van der Waals surface area contributed by atoms with E-state index in [-0.39, 0.29) is 0 Å². The maximum absolute atomic E-state index is 4.58. The summed E-state index contributed by atoms with van der Waals surface area (Å²) in [7, 11) is 0. The fourth-order valence-electron chi connectivity index (χ4n) is 1.77. The Bertz CT molecular complexity index is 342. The first-order valence-electron chi connectivity index (χ1n) is 5.47. The van der Waals surface area contributed by atoms with Gasteiger partial charge < -0.3 is 0 Å². The second-order valence-electron chi connectivity index (χ2n) is 4.28. The van der Waals surface area contributed by atoms with Crippen molar-refractivity contribution >= 4 is 11.4 Å². The van der Waals surface area contributed by atoms with E-state index in [1.165, 1.54) is 0 Å². The summed E-state index contributed by atoms with van der Waals surface area (Å²) >= 11 is 0. The molecule has 0 aromatic heterocycles. The molecule has 0 aromatic rings. The number of aliphatic imine (C=N–C) groups is 2. The van der Waals surface area contributed by atoms with Gasteiger partial charge in [0.2, 0.25) is 0 Å². The molecule has 0 amide bonds. The van der Waals surface area contributed by atoms with Gasteiger partial charge in [-0.25, -0.2) is 0 Å². The van der Waals surface area contributed by atoms with Crippen molar-refractivity contribution in [1.82, 2.24) is 0 Å². The first-order valence-corrected chi connectivity index (χ1v) is 5.47. The highest BCUT2D eigenvalue weighted by Crippen LogP contribution is 2.26. The molecule has 1 atom stereocenters. The highest BCUT2D eigenvalue weighted by Gasteiger charge is 2.15. The van der Waals surface area contributed by atoms with Crippen LogP contribution in [-0.2, 0) is 0 Å². The predicted octanol–water partition coefficient (Wildman–Crippen LogP) is 3.76. The molecule has 0 saturated heterocycles. The molecule has 0 bridgehead atoms. The zero-order valence-corrected chi connectivity index (χ0v) is 10.2. The first-order chi connectivity index (χ1) is 7.04. The van der Waals surface area contributed by atoms with Crippen molar-refractivity contribution in [2.45, 2.75) is 40.5 Å². The molecule has 1 rings (SSSR count). The molecule has 0 radical (unpaired) electrons. The Morgan fingerprint density at radius 2 is 2.20 bits per heavy atom. The second-order valence-corrected chi connectivity index (χ2v) is 4.28. The van der Waals surface area contributed by atoms with Gasteiger partial charge in [0.1, 0.15) is 0 Å². The van der Waals surface area contributed by atoms with Gasteiger partial charge in [-0.1, -0.05) is 13.5 Å². The molecule has 1 aliphatic heterocycles. The van der Waals surface area contributed by atoms with Crippen LogP contribution in [0.2, 0.25) is 0 Å². The topological polar surface area (TPSA) is 24.7 Å². The van der Waals surface area contributed by atoms with Crippen molar-refractivity contribution < 1.29 is 0 Å². The summed E-state index contributed by atoms with van der Waals surface area (Å²) in [6.07, 6.45) is 3.96. The van der Waals surface area contributed by atoms with Crippen LogP contribution in [0.25, 0.3) is 0 Å². The largest absolute Gasteiger partial charge is 0.261 e. The summed E-state index contributed by atoms with van der Waals surface area (Å²) in [5.74, 6) is 0.487. The minimum absolute atomic E-state index is 0.487. The lowest BCUT2D eigenvalue weighted by atomic mass is 10.0. The quantitative estimate of drug-likeness (QED) is 0.612. The van der Waals surface area contributed by atoms with Gasteiger partial charge in [-0.2, -0.15) is 0 Å². The summed E-state index contributed by atoms with van der Waals surface area (Å²) in [5, 5.41) is 0. The van der Waals surface area contributed by atoms with Crippen LogP contribution in [-0.4, -0.2) is 11.4 Å². The Labute approximate surface area is 92.5 Å². The van der Waals surface area contributed by atoms with Crippen molar-refractivity contribution in [3.05, 3.63) is 24.0 Å². The lowest BCUT2D eigenvalue weighted by molar-refractivity contribution is 0.625. The van der Waals surface area contributed by atoms with Crippen LogP contribution >= 0.6 is 0 Å². The highest BCUT2D eigenvalue weighted by atomic mass is 14.9. The highest BCUT2D eigenvalue weighted by molar-refractivity contribution is 5.95. The average molecular weight is 204 g/mol. The van der Waals surface area contributed by atoms with Crippen molar-refractivity contribution in [1.29, 1.82) is 0 Å². The Balaban J connectivity index is 3.11. The maximum Gasteiger partial charge on any atom is 0.0642 e. The fraction of sp³-hybridized carbons (Fsp3) is 0.538. The van der Waals surface area contributed by atoms with E-state index < -0.39 is 0 Å². The SMILES string of the molecule is C=CC1=NC(C)=C(N=C(C)C)C(C)CC1. The number of nitrogens with zero attached hydrogens (tertiary/aromatic N) is 2. The standard InChI is InChI=1S/C13H20N2/c1-6-12-8-7-10(4)13(11(5)15-12)14-9(2)3/h6,10H,1,7-8H2,2-5H3. The molecule has 1 unspecified atom stereocenters. The van der Waals surface area contributed by atoms with E-state index in [1.54, 1.807) is 0 Å². The van der Waals surface area contributed by atoms with Crippen LogP contribution in [0.5, 0.6) is 0 Å². The summed E-state index contributed by atoms with van der Waals surface area (Å²) in [4.78, 5) is 9.13. The van der Waals surface area contributed by atoms with Gasteiger partial charge in [-0.3, -0.25) is 9.98 Å². The number of hydrogen-bond acceptors (Lipinski definition) is 2. The van der Waals surface area contributed by atoms with Crippen LogP contribution in [0.4, 0.5) is 0 Å². The molecule has 2 heteroatoms. The van der Waals surface area contributed by atoms with E-state index in [4.69, 9.17) is 0 Å². The third kappa shape index (κ3) is 3.15. The monoisotopic (exact) mass is 204 g/mol. The van der Waals surface area contributed by atoms with Gasteiger partial charge in [0.15, 0.2) is 0 Å². The van der Waals surface area contributed by atoms with Crippen molar-refractivity contribution in [2.75, 3.05) is 0 Å². The Morgan fingerprint density at radius 1 is 1.53 bits per heavy atom. The number of allylic oxidation sites excluding steroid dienone is 3. The summed E-state index contributed by atoms with van der Waals surface area (Å²) in [6.45, 7) is 12.1. The third-order valence-corrected chi connectivity index (χ3v) is 2.56. The summed E-state index contributed by atoms with van der Waals surface area (Å²) in [5.41, 5.74) is 4.34. The van der Waals surface area contributed by atoms with E-state index in [0.717, 1.165) is 35.7 Å². The molecule has 0 aromatic carbocycles. The summed E-state index contributed by atoms with van der Waals surface area (Å²) < 4.78 is 0. The predicted molar refractivity (Wildman–Crippen MR) is 67.5 cm³/mol. The van der Waals surface area contributed by atoms with Crippen molar-refractivity contribution in [2.24, 2.45) is 15.9 Å². The molecule has 82 valence electrons. The molecule has 0 saturated carbocycles. The van der Waals surface area contributed by atoms with Gasteiger partial charge in [0.05, 0.1) is 11.4 Å². The van der Waals surface area contributed by atoms with Gasteiger partial charge in [0.25, 0.3) is 0 Å². The molecular weight excluding hydrogens is 184 g/mol. The zero-order valence-electron chi connectivity index (χ0n) is 10.2. The van der Waals surface area contributed by atoms with Gasteiger partial charge in [-0.05, 0) is 39.7 Å². The van der Waals surface area contributed by atoms with Gasteiger partial charge in [-0.15, -0.1) is 0 Å². The molecule has 0 N–H and O–H groups in total. The lowest BCUT2D eigenvalue weighted by Crippen LogP contribution is -2.00. The van der Waals surface area contributed by atoms with Crippen LogP contribution in [0.3, 0.4) is 0 Å². The van der Waals surface area contributed by atoms with Crippen molar-refractivity contribution in [3.63, 3.8) is 0 Å². The fourth-order valence-corrected chi connectivity index (χ4v) is 1.77. The van der Waals surface area contributed by atoms with E-state index in [0.29, 0.717) is 5.92 Å². The van der Waals surface area contributed by atoms with Crippen LogP contribution in [0.1, 0.15) is 40.5 Å². The van der Waals surface area contributed by atoms with Gasteiger partial charge in [0, 0.05) is 17.3 Å². The Kier molecular flexibility index (Phi) is 4.01. The van der Waals surface area contributed by atoms with Crippen LogP contribution in [0, 0.1) is 5.92 Å². The molecule has 0 fully saturated rings. The molecule has 0 spiro atoms. The van der Waals surface area contributed by atoms with E-state index >= 15 is 0 Å². The minimum Gasteiger partial charge on any atom is -0.261 e. The average Bonchev–Trinajstić information content (AvgIpc) is 2.30. The van der Waals surface area contributed by atoms with Crippen LogP contribution in [0.15, 0.2) is 34.0 Å². The van der Waals surface area contributed by atoms with E-state index in [2.05, 4.69) is 23.5 Å². The number of hydrogen-bond donors (Lipinski definition) is 0. The van der Waals surface area contributed by atoms with Gasteiger partial charge >= 0.3 is 0 Å². The molecule has 0 aliphatic carbocycles. The normalized spacial score (nSPS) is 21.9. The first kappa shape index (κ1) is 11.9. The third-order valence-electron chi connectivity index (χ3n) is 2.56. The van der Waals surface area contributed by atoms with Crippen LogP contribution < -0.4 is 0 Å². The lowest BCUT2D eigenvalue weighted by Gasteiger charge is -2.10. The Hall–Kier alpha value is -1.18. The summed E-state index contributed by atoms with van der Waals surface area (Å²) in [6, 6.07) is 0. The van der Waals surface area contributed by atoms with E-state index in [1.807, 2.05) is 26.8 Å². The van der Waals surface area contributed by atoms with E-state index in [9.17, 15) is 0 Å². The zero-order chi connectivity index (χ0) is 11.4. The smallest absolute Gasteiger partial charge is 0.0642 e. The minimum atomic E-state index is 0.487. The second kappa shape index (κ2) is 5.06. The molecule has 1 aliphatic rings. The maximum atomic E-state index is 4.58.